The van der Waals surface area contributed by atoms with Gasteiger partial charge in [0.25, 0.3) is 5.91 Å². The summed E-state index contributed by atoms with van der Waals surface area (Å²) in [7, 11) is -3.67. The molecule has 26 heavy (non-hydrogen) atoms. The first-order valence-electron chi connectivity index (χ1n) is 7.43. The Kier molecular flexibility index (Phi) is 5.42. The van der Waals surface area contributed by atoms with Crippen LogP contribution in [0.1, 0.15) is 23.8 Å². The molecule has 0 radical (unpaired) electrons. The molecule has 0 saturated carbocycles. The lowest BCUT2D eigenvalue weighted by Crippen LogP contribution is -2.18. The minimum absolute atomic E-state index is 0.0536. The van der Waals surface area contributed by atoms with Gasteiger partial charge in [0, 0.05) is 5.02 Å². The highest BCUT2D eigenvalue weighted by Crippen LogP contribution is 2.29. The number of carbonyl (C=O) groups excluding carboxylic acids is 1. The molecule has 0 spiro atoms. The number of halogens is 2. The van der Waals surface area contributed by atoms with Crippen LogP contribution in [0.25, 0.3) is 10.2 Å². The summed E-state index contributed by atoms with van der Waals surface area (Å²) >= 11 is 13.1. The highest BCUT2D eigenvalue weighted by molar-refractivity contribution is 7.91. The summed E-state index contributed by atoms with van der Waals surface area (Å²) in [6.45, 7) is 1.72. The van der Waals surface area contributed by atoms with Crippen molar-refractivity contribution in [3.05, 3.63) is 40.1 Å². The Balaban J connectivity index is 1.91. The maximum Gasteiger partial charge on any atom is 0.277 e. The summed E-state index contributed by atoms with van der Waals surface area (Å²) in [6.07, 6.45) is 1.51. The van der Waals surface area contributed by atoms with E-state index in [0.29, 0.717) is 22.1 Å². The van der Waals surface area contributed by atoms with E-state index in [0.717, 1.165) is 10.9 Å². The third-order valence-corrected chi connectivity index (χ3v) is 6.40. The van der Waals surface area contributed by atoms with Crippen LogP contribution in [-0.2, 0) is 9.84 Å². The molecule has 1 aromatic carbocycles. The number of rotatable bonds is 5. The Morgan fingerprint density at radius 3 is 2.77 bits per heavy atom. The van der Waals surface area contributed by atoms with Crippen molar-refractivity contribution in [1.29, 1.82) is 0 Å². The Labute approximate surface area is 163 Å². The molecule has 0 aliphatic carbocycles. The molecule has 7 nitrogen and oxygen atoms in total. The molecular weight excluding hydrogens is 419 g/mol. The minimum atomic E-state index is -3.67. The van der Waals surface area contributed by atoms with E-state index in [1.807, 2.05) is 0 Å². The van der Waals surface area contributed by atoms with E-state index in [1.54, 1.807) is 25.1 Å². The van der Waals surface area contributed by atoms with E-state index in [4.69, 9.17) is 23.2 Å². The maximum absolute atomic E-state index is 12.5. The van der Waals surface area contributed by atoms with E-state index in [-0.39, 0.29) is 16.5 Å². The summed E-state index contributed by atoms with van der Waals surface area (Å²) in [5.74, 6) is -0.788. The number of fused-ring (bicyclic) bond motifs is 1. The molecule has 0 aliphatic rings. The zero-order valence-electron chi connectivity index (χ0n) is 13.4. The highest BCUT2D eigenvalue weighted by Gasteiger charge is 2.22. The monoisotopic (exact) mass is 430 g/mol. The van der Waals surface area contributed by atoms with Crippen LogP contribution in [0.4, 0.5) is 5.13 Å². The second kappa shape index (κ2) is 7.43. The number of hydrogen-bond acceptors (Lipinski definition) is 7. The fourth-order valence-electron chi connectivity index (χ4n) is 2.13. The molecule has 2 heterocycles. The average molecular weight is 431 g/mol. The van der Waals surface area contributed by atoms with Crippen molar-refractivity contribution >= 4 is 65.6 Å². The van der Waals surface area contributed by atoms with Crippen LogP contribution in [0.15, 0.2) is 29.6 Å². The van der Waals surface area contributed by atoms with Crippen LogP contribution < -0.4 is 5.32 Å². The first-order valence-corrected chi connectivity index (χ1v) is 10.7. The summed E-state index contributed by atoms with van der Waals surface area (Å²) in [4.78, 5) is 24.3. The lowest BCUT2D eigenvalue weighted by Gasteiger charge is -2.06. The van der Waals surface area contributed by atoms with Gasteiger partial charge in [0.2, 0.25) is 15.0 Å². The van der Waals surface area contributed by atoms with Gasteiger partial charge in [-0.05, 0) is 24.6 Å². The van der Waals surface area contributed by atoms with Crippen molar-refractivity contribution in [2.24, 2.45) is 0 Å². The minimum Gasteiger partial charge on any atom is -0.296 e. The normalized spacial score (nSPS) is 11.7. The first kappa shape index (κ1) is 19.0. The van der Waals surface area contributed by atoms with Gasteiger partial charge in [-0.2, -0.15) is 0 Å². The third-order valence-electron chi connectivity index (χ3n) is 3.26. The van der Waals surface area contributed by atoms with Crippen molar-refractivity contribution in [3.8, 4) is 0 Å². The molecule has 1 N–H and O–H groups in total. The second-order valence-electron chi connectivity index (χ2n) is 5.25. The van der Waals surface area contributed by atoms with Gasteiger partial charge >= 0.3 is 0 Å². The average Bonchev–Trinajstić information content (AvgIpc) is 2.96. The highest BCUT2D eigenvalue weighted by atomic mass is 35.5. The predicted octanol–water partition coefficient (Wildman–Crippen LogP) is 3.83. The smallest absolute Gasteiger partial charge is 0.277 e. The zero-order chi connectivity index (χ0) is 18.9. The Morgan fingerprint density at radius 1 is 1.27 bits per heavy atom. The van der Waals surface area contributed by atoms with Gasteiger partial charge in [0.15, 0.2) is 10.8 Å². The van der Waals surface area contributed by atoms with Crippen LogP contribution in [0.3, 0.4) is 0 Å². The van der Waals surface area contributed by atoms with Crippen LogP contribution in [0, 0.1) is 0 Å². The van der Waals surface area contributed by atoms with Crippen LogP contribution in [0.2, 0.25) is 10.0 Å². The van der Waals surface area contributed by atoms with Gasteiger partial charge < -0.3 is 0 Å². The molecule has 1 amide bonds. The van der Waals surface area contributed by atoms with Gasteiger partial charge in [-0.1, -0.05) is 41.5 Å². The summed E-state index contributed by atoms with van der Waals surface area (Å²) in [6, 6.07) is 5.16. The number of benzene rings is 1. The van der Waals surface area contributed by atoms with Gasteiger partial charge in [-0.15, -0.1) is 0 Å². The van der Waals surface area contributed by atoms with Gasteiger partial charge in [0.05, 0.1) is 27.2 Å². The standard InChI is InChI=1S/C15H12Cl2N4O3S2/c1-2-5-26(23,24)15-18-7-9(17)12(20-15)13(22)21-14-19-10-4-3-8(16)6-11(10)25-14/h3-4,6-7H,2,5H2,1H3,(H,19,21,22). The van der Waals surface area contributed by atoms with E-state index in [1.165, 1.54) is 11.3 Å². The summed E-state index contributed by atoms with van der Waals surface area (Å²) in [5, 5.41) is 2.97. The van der Waals surface area contributed by atoms with Gasteiger partial charge in [-0.25, -0.2) is 23.4 Å². The fraction of sp³-hybridized carbons (Fsp3) is 0.200. The largest absolute Gasteiger partial charge is 0.296 e. The van der Waals surface area contributed by atoms with Gasteiger partial charge in [-0.3, -0.25) is 10.1 Å². The molecular formula is C15H12Cl2N4O3S2. The number of amides is 1. The van der Waals surface area contributed by atoms with E-state index in [2.05, 4.69) is 20.3 Å². The van der Waals surface area contributed by atoms with Crippen LogP contribution in [0.5, 0.6) is 0 Å². The lowest BCUT2D eigenvalue weighted by molar-refractivity contribution is 0.102. The van der Waals surface area contributed by atoms with Crippen molar-refractivity contribution < 1.29 is 13.2 Å². The molecule has 0 bridgehead atoms. The Hall–Kier alpha value is -1.81. The van der Waals surface area contributed by atoms with Crippen molar-refractivity contribution in [1.82, 2.24) is 15.0 Å². The molecule has 3 rings (SSSR count). The van der Waals surface area contributed by atoms with E-state index < -0.39 is 20.9 Å². The molecule has 3 aromatic rings. The summed E-state index contributed by atoms with van der Waals surface area (Å²) < 4.78 is 25.0. The fourth-order valence-corrected chi connectivity index (χ4v) is 4.61. The topological polar surface area (TPSA) is 102 Å². The predicted molar refractivity (Wildman–Crippen MR) is 102 cm³/mol. The Bertz CT molecular complexity index is 1100. The zero-order valence-corrected chi connectivity index (χ0v) is 16.5. The Morgan fingerprint density at radius 2 is 2.04 bits per heavy atom. The first-order chi connectivity index (χ1) is 12.3. The molecule has 0 unspecified atom stereocenters. The van der Waals surface area contributed by atoms with Gasteiger partial charge in [0.1, 0.15) is 0 Å². The lowest BCUT2D eigenvalue weighted by atomic mass is 10.3. The summed E-state index contributed by atoms with van der Waals surface area (Å²) in [5.41, 5.74) is 0.448. The number of aromatic nitrogens is 3. The van der Waals surface area contributed by atoms with E-state index in [9.17, 15) is 13.2 Å². The van der Waals surface area contributed by atoms with Crippen molar-refractivity contribution in [3.63, 3.8) is 0 Å². The number of nitrogens with zero attached hydrogens (tertiary/aromatic N) is 3. The molecule has 0 saturated heterocycles. The number of nitrogens with one attached hydrogen (secondary N) is 1. The SMILES string of the molecule is CCCS(=O)(=O)c1ncc(Cl)c(C(=O)Nc2nc3ccc(Cl)cc3s2)n1. The van der Waals surface area contributed by atoms with Crippen LogP contribution >= 0.6 is 34.5 Å². The maximum atomic E-state index is 12.5. The van der Waals surface area contributed by atoms with Crippen molar-refractivity contribution in [2.75, 3.05) is 11.1 Å². The molecule has 2 aromatic heterocycles. The van der Waals surface area contributed by atoms with Crippen LogP contribution in [-0.4, -0.2) is 35.0 Å². The molecule has 0 fully saturated rings. The number of anilines is 1. The molecule has 136 valence electrons. The number of thiazole rings is 1. The molecule has 11 heteroatoms. The second-order valence-corrected chi connectivity index (χ2v) is 9.13. The third kappa shape index (κ3) is 3.96. The van der Waals surface area contributed by atoms with E-state index >= 15 is 0 Å². The molecule has 0 atom stereocenters. The number of carbonyl (C=O) groups is 1. The molecule has 0 aliphatic heterocycles. The van der Waals surface area contributed by atoms with Crippen molar-refractivity contribution in [2.45, 2.75) is 18.5 Å². The quantitative estimate of drug-likeness (QED) is 0.616. The number of hydrogen-bond donors (Lipinski definition) is 1. The number of sulfone groups is 1.